The van der Waals surface area contributed by atoms with Crippen LogP contribution in [0.1, 0.15) is 0 Å². The zero-order valence-corrected chi connectivity index (χ0v) is 7.26. The highest BCUT2D eigenvalue weighted by Crippen LogP contribution is 2.21. The summed E-state index contributed by atoms with van der Waals surface area (Å²) in [5.74, 6) is 0. The molecule has 11 heavy (non-hydrogen) atoms. The lowest BCUT2D eigenvalue weighted by atomic mass is 10.1. The van der Waals surface area contributed by atoms with Crippen LogP contribution < -0.4 is 12.4 Å². The zero-order chi connectivity index (χ0) is 7.03. The van der Waals surface area contributed by atoms with Gasteiger partial charge in [-0.05, 0) is 0 Å². The minimum absolute atomic E-state index is 0. The van der Waals surface area contributed by atoms with E-state index in [-0.39, 0.29) is 18.5 Å². The van der Waals surface area contributed by atoms with Crippen LogP contribution in [-0.2, 0) is 4.74 Å². The van der Waals surface area contributed by atoms with Crippen molar-refractivity contribution in [3.05, 3.63) is 0 Å². The maximum atomic E-state index is 9.11. The summed E-state index contributed by atoms with van der Waals surface area (Å²) < 4.78 is 6.35. The van der Waals surface area contributed by atoms with Crippen LogP contribution in [0.2, 0.25) is 0 Å². The lowest BCUT2D eigenvalue weighted by molar-refractivity contribution is -0.978. The minimum atomic E-state index is -0.0295. The van der Waals surface area contributed by atoms with Crippen molar-refractivity contribution in [2.24, 2.45) is 0 Å². The number of quaternary nitrogens is 1. The Kier molecular flexibility index (Phi) is 2.75. The normalized spacial score (nSPS) is 29.2. The fourth-order valence-corrected chi connectivity index (χ4v) is 1.94. The Balaban J connectivity index is 0.000000605. The van der Waals surface area contributed by atoms with E-state index in [4.69, 9.17) is 9.84 Å². The van der Waals surface area contributed by atoms with Gasteiger partial charge in [-0.25, -0.2) is 0 Å². The zero-order valence-electron chi connectivity index (χ0n) is 6.50. The molecule has 0 amide bonds. The number of aliphatic hydroxyl groups is 1. The highest BCUT2D eigenvalue weighted by molar-refractivity contribution is 4.68. The van der Waals surface area contributed by atoms with Crippen molar-refractivity contribution in [3.63, 3.8) is 0 Å². The van der Waals surface area contributed by atoms with Crippen LogP contribution in [-0.4, -0.2) is 55.1 Å². The van der Waals surface area contributed by atoms with E-state index in [1.165, 1.54) is 0 Å². The maximum absolute atomic E-state index is 9.11. The molecular weight excluding hydrogens is 166 g/mol. The molecule has 3 nitrogen and oxygen atoms in total. The molecule has 66 valence electrons. The van der Waals surface area contributed by atoms with E-state index in [1.54, 1.807) is 0 Å². The molecular formula is C7H14ClNO2. The summed E-state index contributed by atoms with van der Waals surface area (Å²) in [4.78, 5) is 0. The van der Waals surface area contributed by atoms with Crippen LogP contribution in [0.25, 0.3) is 0 Å². The van der Waals surface area contributed by atoms with Gasteiger partial charge in [0.05, 0.1) is 13.2 Å². The summed E-state index contributed by atoms with van der Waals surface area (Å²) >= 11 is 0. The van der Waals surface area contributed by atoms with E-state index in [9.17, 15) is 0 Å². The lowest BCUT2D eigenvalue weighted by Crippen LogP contribution is -3.00. The highest BCUT2D eigenvalue weighted by Gasteiger charge is 2.43. The second kappa shape index (κ2) is 3.27. The molecule has 1 N–H and O–H groups in total. The van der Waals surface area contributed by atoms with Crippen molar-refractivity contribution >= 4 is 0 Å². The van der Waals surface area contributed by atoms with Gasteiger partial charge >= 0.3 is 0 Å². The molecule has 0 aromatic rings. The Morgan fingerprint density at radius 3 is 2.18 bits per heavy atom. The smallest absolute Gasteiger partial charge is 0.152 e. The summed E-state index contributed by atoms with van der Waals surface area (Å²) in [6, 6.07) is 0. The van der Waals surface area contributed by atoms with Gasteiger partial charge in [0.2, 0.25) is 0 Å². The largest absolute Gasteiger partial charge is 1.00 e. The van der Waals surface area contributed by atoms with Gasteiger partial charge in [0.25, 0.3) is 0 Å². The van der Waals surface area contributed by atoms with Gasteiger partial charge < -0.3 is 26.7 Å². The standard InChI is InChI=1S/C7H14NO2.ClH/c9-7-5-8(6-7)1-3-10-4-2-8;/h7,9H,1-6H2;1H/q+1;/p-1. The van der Waals surface area contributed by atoms with E-state index >= 15 is 0 Å². The van der Waals surface area contributed by atoms with Gasteiger partial charge in [-0.15, -0.1) is 0 Å². The first-order chi connectivity index (χ1) is 4.81. The first-order valence-corrected chi connectivity index (χ1v) is 3.92. The Bertz CT molecular complexity index is 121. The summed E-state index contributed by atoms with van der Waals surface area (Å²) in [6.45, 7) is 5.90. The molecule has 2 aliphatic heterocycles. The summed E-state index contributed by atoms with van der Waals surface area (Å²) in [5.41, 5.74) is 0. The fraction of sp³-hybridized carbons (Fsp3) is 1.00. The minimum Gasteiger partial charge on any atom is -1.00 e. The van der Waals surface area contributed by atoms with E-state index < -0.39 is 0 Å². The molecule has 0 unspecified atom stereocenters. The molecule has 4 heteroatoms. The molecule has 0 aromatic carbocycles. The Hall–Kier alpha value is 0.170. The first kappa shape index (κ1) is 9.26. The summed E-state index contributed by atoms with van der Waals surface area (Å²) in [6.07, 6.45) is -0.0295. The summed E-state index contributed by atoms with van der Waals surface area (Å²) in [5, 5.41) is 9.11. The van der Waals surface area contributed by atoms with Gasteiger partial charge in [-0.2, -0.15) is 0 Å². The van der Waals surface area contributed by atoms with Crippen molar-refractivity contribution in [3.8, 4) is 0 Å². The topological polar surface area (TPSA) is 29.5 Å². The number of aliphatic hydroxyl groups excluding tert-OH is 1. The molecule has 0 saturated carbocycles. The summed E-state index contributed by atoms with van der Waals surface area (Å²) in [7, 11) is 0. The van der Waals surface area contributed by atoms with Crippen LogP contribution in [0.5, 0.6) is 0 Å². The number of hydrogen-bond donors (Lipinski definition) is 1. The van der Waals surface area contributed by atoms with E-state index in [0.29, 0.717) is 0 Å². The Morgan fingerprint density at radius 2 is 1.73 bits per heavy atom. The number of ether oxygens (including phenoxy) is 1. The van der Waals surface area contributed by atoms with Gasteiger partial charge in [-0.3, -0.25) is 0 Å². The van der Waals surface area contributed by atoms with Crippen molar-refractivity contribution < 1.29 is 26.7 Å². The molecule has 0 aliphatic carbocycles. The third-order valence-corrected chi connectivity index (χ3v) is 2.62. The molecule has 0 bridgehead atoms. The van der Waals surface area contributed by atoms with Gasteiger partial charge in [0.15, 0.2) is 6.10 Å². The lowest BCUT2D eigenvalue weighted by Gasteiger charge is -2.50. The van der Waals surface area contributed by atoms with E-state index in [2.05, 4.69) is 0 Å². The number of morpholine rings is 1. The predicted octanol–water partition coefficient (Wildman–Crippen LogP) is -3.79. The van der Waals surface area contributed by atoms with Gasteiger partial charge in [-0.1, -0.05) is 0 Å². The number of halogens is 1. The van der Waals surface area contributed by atoms with Crippen molar-refractivity contribution in [1.29, 1.82) is 0 Å². The molecule has 2 saturated heterocycles. The first-order valence-electron chi connectivity index (χ1n) is 3.92. The van der Waals surface area contributed by atoms with Crippen molar-refractivity contribution in [2.45, 2.75) is 6.10 Å². The number of nitrogens with zero attached hydrogens (tertiary/aromatic N) is 1. The molecule has 1 spiro atoms. The molecule has 0 atom stereocenters. The molecule has 0 aromatic heterocycles. The molecule has 2 rings (SSSR count). The van der Waals surface area contributed by atoms with Gasteiger partial charge in [0, 0.05) is 0 Å². The SMILES string of the molecule is OC1C[N+]2(CCOCC2)C1.[Cl-]. The average Bonchev–Trinajstić information content (AvgIpc) is 1.87. The van der Waals surface area contributed by atoms with Crippen LogP contribution in [0.3, 0.4) is 0 Å². The third-order valence-electron chi connectivity index (χ3n) is 2.62. The Morgan fingerprint density at radius 1 is 1.18 bits per heavy atom. The predicted molar refractivity (Wildman–Crippen MR) is 36.6 cm³/mol. The average molecular weight is 180 g/mol. The van der Waals surface area contributed by atoms with Crippen LogP contribution >= 0.6 is 0 Å². The molecule has 0 radical (unpaired) electrons. The quantitative estimate of drug-likeness (QED) is 0.387. The third kappa shape index (κ3) is 1.67. The van der Waals surface area contributed by atoms with E-state index in [0.717, 1.165) is 43.9 Å². The van der Waals surface area contributed by atoms with Crippen LogP contribution in [0.15, 0.2) is 0 Å². The highest BCUT2D eigenvalue weighted by atomic mass is 35.5. The second-order valence-electron chi connectivity index (χ2n) is 3.42. The van der Waals surface area contributed by atoms with Crippen molar-refractivity contribution in [1.82, 2.24) is 0 Å². The second-order valence-corrected chi connectivity index (χ2v) is 3.42. The Labute approximate surface area is 72.9 Å². The number of rotatable bonds is 0. The molecule has 2 fully saturated rings. The molecule has 2 heterocycles. The fourth-order valence-electron chi connectivity index (χ4n) is 1.94. The van der Waals surface area contributed by atoms with Crippen LogP contribution in [0.4, 0.5) is 0 Å². The van der Waals surface area contributed by atoms with Gasteiger partial charge in [0.1, 0.15) is 26.2 Å². The monoisotopic (exact) mass is 179 g/mol. The van der Waals surface area contributed by atoms with Crippen LogP contribution in [0, 0.1) is 0 Å². The van der Waals surface area contributed by atoms with E-state index in [1.807, 2.05) is 0 Å². The number of hydrogen-bond acceptors (Lipinski definition) is 2. The molecule has 2 aliphatic rings. The van der Waals surface area contributed by atoms with Crippen molar-refractivity contribution in [2.75, 3.05) is 39.4 Å². The maximum Gasteiger partial charge on any atom is 0.152 e.